The molecule has 0 spiro atoms. The van der Waals surface area contributed by atoms with Crippen molar-refractivity contribution >= 4 is 51.4 Å². The third kappa shape index (κ3) is 6.20. The lowest BCUT2D eigenvalue weighted by molar-refractivity contribution is 0.109. The standard InChI is InChI=1S/C33H32FN7O4S.ClH/c1-19(41-32-28(31(35)36-18-37-32)29(38-41)20-14-21(34)16-22(43)15-20)30-27(24-4-2-3-5-25(24)33(44)45-30)26-7-6-23(46-26)17-40-10-8-39(9-11-40)12-13-42;/h2-7,14-16,18-19,42-43H,8-13,17H2,1H3,(H2,35,36,37);1H. The van der Waals surface area contributed by atoms with Gasteiger partial charge in [-0.2, -0.15) is 5.10 Å². The average molecular weight is 678 g/mol. The zero-order valence-electron chi connectivity index (χ0n) is 25.5. The van der Waals surface area contributed by atoms with Crippen molar-refractivity contribution in [3.63, 3.8) is 0 Å². The monoisotopic (exact) mass is 677 g/mol. The van der Waals surface area contributed by atoms with Crippen molar-refractivity contribution in [3.8, 4) is 27.4 Å². The van der Waals surface area contributed by atoms with Crippen LogP contribution in [-0.2, 0) is 6.54 Å². The van der Waals surface area contributed by atoms with Crippen LogP contribution in [0, 0.1) is 5.82 Å². The van der Waals surface area contributed by atoms with Crippen molar-refractivity contribution in [2.45, 2.75) is 19.5 Å². The van der Waals surface area contributed by atoms with Crippen LogP contribution < -0.4 is 11.4 Å². The van der Waals surface area contributed by atoms with Crippen LogP contribution in [0.3, 0.4) is 0 Å². The van der Waals surface area contributed by atoms with Gasteiger partial charge in [0.15, 0.2) is 5.65 Å². The molecule has 244 valence electrons. The van der Waals surface area contributed by atoms with Crippen LogP contribution in [0.25, 0.3) is 43.5 Å². The first kappa shape index (κ1) is 32.5. The van der Waals surface area contributed by atoms with Crippen molar-refractivity contribution in [2.24, 2.45) is 0 Å². The molecular weight excluding hydrogens is 645 g/mol. The lowest BCUT2D eigenvalue weighted by Gasteiger charge is -2.34. The van der Waals surface area contributed by atoms with E-state index in [4.69, 9.17) is 15.2 Å². The number of piperazine rings is 1. The van der Waals surface area contributed by atoms with E-state index in [2.05, 4.69) is 31.9 Å². The average Bonchev–Trinajstić information content (AvgIpc) is 3.67. The van der Waals surface area contributed by atoms with Crippen LogP contribution >= 0.6 is 23.7 Å². The molecule has 0 saturated carbocycles. The summed E-state index contributed by atoms with van der Waals surface area (Å²) in [5.41, 5.74) is 7.56. The van der Waals surface area contributed by atoms with Crippen molar-refractivity contribution in [2.75, 3.05) is 45.1 Å². The largest absolute Gasteiger partial charge is 0.508 e. The quantitative estimate of drug-likeness (QED) is 0.203. The second kappa shape index (κ2) is 13.4. The summed E-state index contributed by atoms with van der Waals surface area (Å²) in [6, 6.07) is 14.6. The molecule has 1 saturated heterocycles. The third-order valence-electron chi connectivity index (χ3n) is 8.45. The van der Waals surface area contributed by atoms with Gasteiger partial charge in [-0.15, -0.1) is 23.7 Å². The van der Waals surface area contributed by atoms with E-state index in [0.29, 0.717) is 34.3 Å². The van der Waals surface area contributed by atoms with E-state index in [-0.39, 0.29) is 36.3 Å². The van der Waals surface area contributed by atoms with E-state index in [1.165, 1.54) is 23.3 Å². The van der Waals surface area contributed by atoms with Crippen LogP contribution in [0.5, 0.6) is 5.75 Å². The predicted octanol–water partition coefficient (Wildman–Crippen LogP) is 4.90. The maximum Gasteiger partial charge on any atom is 0.343 e. The number of rotatable bonds is 8. The highest BCUT2D eigenvalue weighted by atomic mass is 35.5. The number of anilines is 1. The molecule has 2 aromatic carbocycles. The first-order valence-electron chi connectivity index (χ1n) is 15.0. The second-order valence-electron chi connectivity index (χ2n) is 11.4. The van der Waals surface area contributed by atoms with Crippen LogP contribution in [0.2, 0.25) is 0 Å². The summed E-state index contributed by atoms with van der Waals surface area (Å²) in [4.78, 5) is 28.7. The Morgan fingerprint density at radius 2 is 1.79 bits per heavy atom. The number of fused-ring (bicyclic) bond motifs is 2. The molecule has 1 atom stereocenters. The number of hydrogen-bond acceptors (Lipinski definition) is 11. The zero-order valence-corrected chi connectivity index (χ0v) is 27.1. The highest BCUT2D eigenvalue weighted by Gasteiger charge is 2.28. The van der Waals surface area contributed by atoms with Crippen molar-refractivity contribution in [1.82, 2.24) is 29.5 Å². The Morgan fingerprint density at radius 1 is 1.04 bits per heavy atom. The van der Waals surface area contributed by atoms with Gasteiger partial charge >= 0.3 is 5.63 Å². The molecule has 0 radical (unpaired) electrons. The van der Waals surface area contributed by atoms with Gasteiger partial charge in [0.1, 0.15) is 41.2 Å². The predicted molar refractivity (Wildman–Crippen MR) is 182 cm³/mol. The maximum absolute atomic E-state index is 14.4. The number of aromatic hydroxyl groups is 1. The zero-order chi connectivity index (χ0) is 31.9. The van der Waals surface area contributed by atoms with Gasteiger partial charge < -0.3 is 20.4 Å². The minimum atomic E-state index is -0.648. The number of β-amino-alcohol motifs (C(OH)–C–C–N with tert-alkyl or cyclic N) is 1. The fourth-order valence-electron chi connectivity index (χ4n) is 6.19. The topological polar surface area (TPSA) is 147 Å². The summed E-state index contributed by atoms with van der Waals surface area (Å²) in [5, 5.41) is 25.8. The molecule has 1 fully saturated rings. The Balaban J connectivity index is 0.00000386. The van der Waals surface area contributed by atoms with Gasteiger partial charge in [-0.1, -0.05) is 18.2 Å². The minimum Gasteiger partial charge on any atom is -0.508 e. The number of phenols is 1. The molecule has 1 unspecified atom stereocenters. The van der Waals surface area contributed by atoms with Gasteiger partial charge in [0.25, 0.3) is 0 Å². The number of phenolic OH excluding ortho intramolecular Hbond substituents is 1. The number of nitrogen functional groups attached to an aromatic ring is 1. The molecule has 4 aromatic heterocycles. The maximum atomic E-state index is 14.4. The van der Waals surface area contributed by atoms with Gasteiger partial charge in [0, 0.05) is 71.6 Å². The summed E-state index contributed by atoms with van der Waals surface area (Å²) < 4.78 is 22.1. The highest BCUT2D eigenvalue weighted by molar-refractivity contribution is 7.15. The van der Waals surface area contributed by atoms with Gasteiger partial charge in [0.2, 0.25) is 0 Å². The number of nitrogens with zero attached hydrogens (tertiary/aromatic N) is 6. The van der Waals surface area contributed by atoms with E-state index >= 15 is 0 Å². The fraction of sp³-hybridized carbons (Fsp3) is 0.273. The Hall–Kier alpha value is -4.40. The molecule has 6 aromatic rings. The molecule has 4 N–H and O–H groups in total. The number of aliphatic hydroxyl groups is 1. The molecule has 7 rings (SSSR count). The summed E-state index contributed by atoms with van der Waals surface area (Å²) in [5.74, 6) is -0.360. The number of benzene rings is 2. The number of aliphatic hydroxyl groups excluding tert-OH is 1. The van der Waals surface area contributed by atoms with E-state index in [9.17, 15) is 19.4 Å². The van der Waals surface area contributed by atoms with Crippen LogP contribution in [0.15, 0.2) is 70.1 Å². The SMILES string of the molecule is CC(c1oc(=O)c2ccccc2c1-c1ccc(CN2CCN(CCO)CC2)s1)n1nc(-c2cc(O)cc(F)c2)c2c(N)ncnc21.Cl. The Kier molecular flexibility index (Phi) is 9.26. The minimum absolute atomic E-state index is 0. The van der Waals surface area contributed by atoms with E-state index < -0.39 is 17.5 Å². The van der Waals surface area contributed by atoms with E-state index in [1.807, 2.05) is 25.1 Å². The first-order chi connectivity index (χ1) is 22.3. The lowest BCUT2D eigenvalue weighted by atomic mass is 10.0. The molecule has 14 heteroatoms. The molecule has 11 nitrogen and oxygen atoms in total. The molecule has 5 heterocycles. The Labute approximate surface area is 279 Å². The number of aromatic nitrogens is 4. The number of hydrogen-bond donors (Lipinski definition) is 3. The van der Waals surface area contributed by atoms with Crippen molar-refractivity contribution < 1.29 is 19.0 Å². The number of halogens is 2. The molecule has 1 aliphatic heterocycles. The van der Waals surface area contributed by atoms with Gasteiger partial charge in [-0.25, -0.2) is 23.8 Å². The third-order valence-corrected chi connectivity index (χ3v) is 9.54. The molecule has 1 aliphatic rings. The van der Waals surface area contributed by atoms with Gasteiger partial charge in [-0.05, 0) is 37.3 Å². The molecular formula is C33H33ClFN7O4S. The molecule has 0 aliphatic carbocycles. The Morgan fingerprint density at radius 3 is 2.53 bits per heavy atom. The van der Waals surface area contributed by atoms with Crippen LogP contribution in [-0.4, -0.2) is 79.1 Å². The first-order valence-corrected chi connectivity index (χ1v) is 15.8. The van der Waals surface area contributed by atoms with Crippen LogP contribution in [0.1, 0.15) is 23.6 Å². The van der Waals surface area contributed by atoms with Gasteiger partial charge in [0.05, 0.1) is 17.4 Å². The van der Waals surface area contributed by atoms with Crippen LogP contribution in [0.4, 0.5) is 10.2 Å². The fourth-order valence-corrected chi connectivity index (χ4v) is 7.30. The Bertz CT molecular complexity index is 2110. The summed E-state index contributed by atoms with van der Waals surface area (Å²) in [6.07, 6.45) is 1.32. The van der Waals surface area contributed by atoms with Crippen molar-refractivity contribution in [3.05, 3.63) is 87.8 Å². The summed E-state index contributed by atoms with van der Waals surface area (Å²) in [6.45, 7) is 7.18. The number of nitrogens with two attached hydrogens (primary N) is 1. The summed E-state index contributed by atoms with van der Waals surface area (Å²) >= 11 is 1.65. The smallest absolute Gasteiger partial charge is 0.343 e. The van der Waals surface area contributed by atoms with Gasteiger partial charge in [-0.3, -0.25) is 9.80 Å². The lowest BCUT2D eigenvalue weighted by Crippen LogP contribution is -2.46. The highest BCUT2D eigenvalue weighted by Crippen LogP contribution is 2.41. The second-order valence-corrected chi connectivity index (χ2v) is 12.6. The molecule has 0 amide bonds. The van der Waals surface area contributed by atoms with Crippen molar-refractivity contribution in [1.29, 1.82) is 0 Å². The number of thiophene rings is 1. The molecule has 47 heavy (non-hydrogen) atoms. The normalized spacial score (nSPS) is 14.9. The van der Waals surface area contributed by atoms with E-state index in [1.54, 1.807) is 22.1 Å². The molecule has 0 bridgehead atoms. The summed E-state index contributed by atoms with van der Waals surface area (Å²) in [7, 11) is 0. The van der Waals surface area contributed by atoms with E-state index in [0.717, 1.165) is 54.6 Å².